The Kier molecular flexibility index (Phi) is 8.37. The van der Waals surface area contributed by atoms with Crippen LogP contribution in [0.25, 0.3) is 0 Å². The van der Waals surface area contributed by atoms with E-state index in [0.717, 1.165) is 19.4 Å². The number of rotatable bonds is 9. The predicted octanol–water partition coefficient (Wildman–Crippen LogP) is 1.33. The third kappa shape index (κ3) is 7.27. The molecule has 5 nitrogen and oxygen atoms in total. The van der Waals surface area contributed by atoms with Gasteiger partial charge in [-0.15, -0.1) is 0 Å². The lowest BCUT2D eigenvalue weighted by molar-refractivity contribution is -0.142. The van der Waals surface area contributed by atoms with Crippen molar-refractivity contribution in [1.29, 1.82) is 0 Å². The Hall–Kier alpha value is -1.10. The van der Waals surface area contributed by atoms with Gasteiger partial charge in [-0.1, -0.05) is 20.3 Å². The van der Waals surface area contributed by atoms with E-state index in [0.29, 0.717) is 19.0 Å². The molecule has 0 aromatic heterocycles. The van der Waals surface area contributed by atoms with Gasteiger partial charge < -0.3 is 10.4 Å². The molecule has 0 bridgehead atoms. The van der Waals surface area contributed by atoms with Gasteiger partial charge in [0.05, 0.1) is 0 Å². The molecule has 0 aromatic rings. The molecule has 0 radical (unpaired) electrons. The molecule has 0 saturated carbocycles. The van der Waals surface area contributed by atoms with Crippen LogP contribution in [0.2, 0.25) is 0 Å². The van der Waals surface area contributed by atoms with Crippen molar-refractivity contribution in [2.45, 2.75) is 46.6 Å². The molecule has 0 aromatic carbocycles. The van der Waals surface area contributed by atoms with Gasteiger partial charge in [-0.25, -0.2) is 0 Å². The van der Waals surface area contributed by atoms with Crippen LogP contribution in [-0.4, -0.2) is 47.6 Å². The second kappa shape index (κ2) is 8.91. The monoisotopic (exact) mass is 258 g/mol. The smallest absolute Gasteiger partial charge is 0.320 e. The Bertz CT molecular complexity index is 269. The first kappa shape index (κ1) is 16.9. The largest absolute Gasteiger partial charge is 0.480 e. The fourth-order valence-corrected chi connectivity index (χ4v) is 1.96. The average Bonchev–Trinajstić information content (AvgIpc) is 2.26. The maximum absolute atomic E-state index is 11.0. The normalized spacial score (nSPS) is 14.3. The zero-order valence-electron chi connectivity index (χ0n) is 11.9. The van der Waals surface area contributed by atoms with Crippen molar-refractivity contribution in [1.82, 2.24) is 10.2 Å². The number of aliphatic carboxylic acids is 1. The van der Waals surface area contributed by atoms with E-state index in [2.05, 4.69) is 19.2 Å². The van der Waals surface area contributed by atoms with Crippen LogP contribution in [0.4, 0.5) is 0 Å². The SMILES string of the molecule is CCCC(C)CN(CCNC(C)=O)C(C)C(=O)O. The number of carbonyl (C=O) groups is 2. The number of carbonyl (C=O) groups excluding carboxylic acids is 1. The minimum atomic E-state index is -0.818. The molecule has 2 atom stereocenters. The van der Waals surface area contributed by atoms with Crippen LogP contribution in [0.3, 0.4) is 0 Å². The van der Waals surface area contributed by atoms with Crippen LogP contribution in [0.1, 0.15) is 40.5 Å². The fourth-order valence-electron chi connectivity index (χ4n) is 1.96. The third-order valence-corrected chi connectivity index (χ3v) is 3.01. The molecule has 2 unspecified atom stereocenters. The van der Waals surface area contributed by atoms with Crippen LogP contribution in [-0.2, 0) is 9.59 Å². The van der Waals surface area contributed by atoms with E-state index < -0.39 is 12.0 Å². The van der Waals surface area contributed by atoms with E-state index in [9.17, 15) is 9.59 Å². The molecule has 0 rings (SSSR count). The fraction of sp³-hybridized carbons (Fsp3) is 0.846. The van der Waals surface area contributed by atoms with Crippen molar-refractivity contribution in [3.05, 3.63) is 0 Å². The minimum absolute atomic E-state index is 0.0838. The van der Waals surface area contributed by atoms with Crippen molar-refractivity contribution in [3.63, 3.8) is 0 Å². The number of hydrogen-bond acceptors (Lipinski definition) is 3. The standard InChI is InChI=1S/C13H26N2O3/c1-5-6-10(2)9-15(11(3)13(17)18)8-7-14-12(4)16/h10-11H,5-9H2,1-4H3,(H,14,16)(H,17,18). The first-order valence-corrected chi connectivity index (χ1v) is 6.59. The van der Waals surface area contributed by atoms with Gasteiger partial charge in [-0.3, -0.25) is 14.5 Å². The lowest BCUT2D eigenvalue weighted by Gasteiger charge is -2.29. The molecule has 0 spiro atoms. The highest BCUT2D eigenvalue weighted by Gasteiger charge is 2.21. The third-order valence-electron chi connectivity index (χ3n) is 3.01. The van der Waals surface area contributed by atoms with Crippen molar-refractivity contribution >= 4 is 11.9 Å². The molecule has 0 fully saturated rings. The van der Waals surface area contributed by atoms with Gasteiger partial charge in [0, 0.05) is 26.6 Å². The first-order valence-electron chi connectivity index (χ1n) is 6.59. The van der Waals surface area contributed by atoms with Crippen LogP contribution in [0.5, 0.6) is 0 Å². The summed E-state index contributed by atoms with van der Waals surface area (Å²) < 4.78 is 0. The molecule has 106 valence electrons. The molecule has 0 aliphatic rings. The average molecular weight is 258 g/mol. The summed E-state index contributed by atoms with van der Waals surface area (Å²) in [7, 11) is 0. The zero-order chi connectivity index (χ0) is 14.1. The summed E-state index contributed by atoms with van der Waals surface area (Å²) in [6.07, 6.45) is 2.19. The van der Waals surface area contributed by atoms with Crippen molar-refractivity contribution in [2.24, 2.45) is 5.92 Å². The zero-order valence-corrected chi connectivity index (χ0v) is 11.9. The Labute approximate surface area is 110 Å². The summed E-state index contributed by atoms with van der Waals surface area (Å²) in [4.78, 5) is 23.8. The molecule has 0 aliphatic heterocycles. The van der Waals surface area contributed by atoms with E-state index in [1.54, 1.807) is 6.92 Å². The lowest BCUT2D eigenvalue weighted by atomic mass is 10.0. The maximum Gasteiger partial charge on any atom is 0.320 e. The lowest BCUT2D eigenvalue weighted by Crippen LogP contribution is -2.45. The summed E-state index contributed by atoms with van der Waals surface area (Å²) in [5, 5.41) is 11.8. The van der Waals surface area contributed by atoms with Crippen LogP contribution >= 0.6 is 0 Å². The number of carboxylic acid groups (broad SMARTS) is 1. The summed E-state index contributed by atoms with van der Waals surface area (Å²) in [6.45, 7) is 9.22. The molecular weight excluding hydrogens is 232 g/mol. The molecule has 0 heterocycles. The van der Waals surface area contributed by atoms with Gasteiger partial charge in [0.2, 0.25) is 5.91 Å². The van der Waals surface area contributed by atoms with E-state index in [-0.39, 0.29) is 5.91 Å². The van der Waals surface area contributed by atoms with E-state index in [4.69, 9.17) is 5.11 Å². The highest BCUT2D eigenvalue weighted by Crippen LogP contribution is 2.10. The minimum Gasteiger partial charge on any atom is -0.480 e. The molecular formula is C13H26N2O3. The molecule has 1 amide bonds. The summed E-state index contributed by atoms with van der Waals surface area (Å²) in [6, 6.07) is -0.516. The molecule has 0 aliphatic carbocycles. The second-order valence-electron chi connectivity index (χ2n) is 4.89. The highest BCUT2D eigenvalue weighted by molar-refractivity contribution is 5.73. The van der Waals surface area contributed by atoms with Gasteiger partial charge in [0.15, 0.2) is 0 Å². The number of nitrogens with zero attached hydrogens (tertiary/aromatic N) is 1. The van der Waals surface area contributed by atoms with Crippen molar-refractivity contribution in [2.75, 3.05) is 19.6 Å². The van der Waals surface area contributed by atoms with Crippen molar-refractivity contribution < 1.29 is 14.7 Å². The van der Waals surface area contributed by atoms with Crippen molar-refractivity contribution in [3.8, 4) is 0 Å². The second-order valence-corrected chi connectivity index (χ2v) is 4.89. The number of hydrogen-bond donors (Lipinski definition) is 2. The summed E-state index contributed by atoms with van der Waals surface area (Å²) in [5.41, 5.74) is 0. The predicted molar refractivity (Wildman–Crippen MR) is 71.4 cm³/mol. The topological polar surface area (TPSA) is 69.6 Å². The summed E-state index contributed by atoms with van der Waals surface area (Å²) >= 11 is 0. The highest BCUT2D eigenvalue weighted by atomic mass is 16.4. The van der Waals surface area contributed by atoms with Gasteiger partial charge in [0.1, 0.15) is 6.04 Å². The van der Waals surface area contributed by atoms with Crippen LogP contribution < -0.4 is 5.32 Å². The Morgan fingerprint density at radius 1 is 1.33 bits per heavy atom. The van der Waals surface area contributed by atoms with Crippen LogP contribution in [0, 0.1) is 5.92 Å². The maximum atomic E-state index is 11.0. The van der Waals surface area contributed by atoms with Gasteiger partial charge in [0.25, 0.3) is 0 Å². The Morgan fingerprint density at radius 2 is 1.94 bits per heavy atom. The molecule has 2 N–H and O–H groups in total. The number of carboxylic acids is 1. The Morgan fingerprint density at radius 3 is 2.39 bits per heavy atom. The van der Waals surface area contributed by atoms with Gasteiger partial charge >= 0.3 is 5.97 Å². The van der Waals surface area contributed by atoms with E-state index in [1.807, 2.05) is 4.90 Å². The number of nitrogens with one attached hydrogen (secondary N) is 1. The van der Waals surface area contributed by atoms with E-state index >= 15 is 0 Å². The quantitative estimate of drug-likeness (QED) is 0.654. The first-order chi connectivity index (χ1) is 8.38. The van der Waals surface area contributed by atoms with Gasteiger partial charge in [-0.2, -0.15) is 0 Å². The summed E-state index contributed by atoms with van der Waals surface area (Å²) in [5.74, 6) is -0.435. The molecule has 0 saturated heterocycles. The van der Waals surface area contributed by atoms with E-state index in [1.165, 1.54) is 6.92 Å². The Balaban J connectivity index is 4.32. The molecule has 5 heteroatoms. The van der Waals surface area contributed by atoms with Gasteiger partial charge in [-0.05, 0) is 19.3 Å². The number of amides is 1. The molecule has 18 heavy (non-hydrogen) atoms. The van der Waals surface area contributed by atoms with Crippen LogP contribution in [0.15, 0.2) is 0 Å².